The predicted molar refractivity (Wildman–Crippen MR) is 83.8 cm³/mol. The number of likely N-dealkylation sites (tertiary alicyclic amines) is 1. The molecule has 1 atom stereocenters. The lowest BCUT2D eigenvalue weighted by molar-refractivity contribution is -0.148. The lowest BCUT2D eigenvalue weighted by Gasteiger charge is -2.40. The van der Waals surface area contributed by atoms with E-state index >= 15 is 0 Å². The van der Waals surface area contributed by atoms with Crippen molar-refractivity contribution >= 4 is 5.97 Å². The van der Waals surface area contributed by atoms with Crippen molar-refractivity contribution in [2.24, 2.45) is 11.1 Å². The highest BCUT2D eigenvalue weighted by molar-refractivity contribution is 5.82. The molecule has 0 aromatic heterocycles. The number of piperidine rings is 1. The van der Waals surface area contributed by atoms with Crippen molar-refractivity contribution in [2.45, 2.75) is 32.2 Å². The van der Waals surface area contributed by atoms with Gasteiger partial charge in [0.15, 0.2) is 5.54 Å². The lowest BCUT2D eigenvalue weighted by Crippen LogP contribution is -2.55. The molecule has 0 spiro atoms. The minimum absolute atomic E-state index is 0.376. The summed E-state index contributed by atoms with van der Waals surface area (Å²) in [5.41, 5.74) is 6.54. The SMILES string of the molecule is COC(=O)C(N)(CN1CCC(C)(C)CC1)c1ccccc1. The summed E-state index contributed by atoms with van der Waals surface area (Å²) in [4.78, 5) is 14.5. The highest BCUT2D eigenvalue weighted by atomic mass is 16.5. The summed E-state index contributed by atoms with van der Waals surface area (Å²) in [5.74, 6) is -0.376. The second kappa shape index (κ2) is 6.16. The van der Waals surface area contributed by atoms with Crippen LogP contribution in [0.2, 0.25) is 0 Å². The van der Waals surface area contributed by atoms with Crippen molar-refractivity contribution < 1.29 is 9.53 Å². The van der Waals surface area contributed by atoms with Gasteiger partial charge < -0.3 is 15.4 Å². The van der Waals surface area contributed by atoms with Crippen LogP contribution in [0, 0.1) is 5.41 Å². The Labute approximate surface area is 127 Å². The molecule has 0 aliphatic carbocycles. The number of ether oxygens (including phenoxy) is 1. The van der Waals surface area contributed by atoms with Crippen LogP contribution in [0.5, 0.6) is 0 Å². The highest BCUT2D eigenvalue weighted by Crippen LogP contribution is 2.31. The number of hydrogen-bond acceptors (Lipinski definition) is 4. The van der Waals surface area contributed by atoms with Gasteiger partial charge in [-0.3, -0.25) is 0 Å². The Balaban J connectivity index is 2.17. The van der Waals surface area contributed by atoms with Gasteiger partial charge in [-0.05, 0) is 36.9 Å². The second-order valence-corrected chi connectivity index (χ2v) is 6.77. The van der Waals surface area contributed by atoms with Crippen molar-refractivity contribution in [3.8, 4) is 0 Å². The predicted octanol–water partition coefficient (Wildman–Crippen LogP) is 2.14. The molecule has 0 bridgehead atoms. The Kier molecular flexibility index (Phi) is 4.69. The molecule has 0 radical (unpaired) electrons. The smallest absolute Gasteiger partial charge is 0.331 e. The third kappa shape index (κ3) is 3.63. The van der Waals surface area contributed by atoms with E-state index in [9.17, 15) is 4.79 Å². The summed E-state index contributed by atoms with van der Waals surface area (Å²) in [5, 5.41) is 0. The van der Waals surface area contributed by atoms with Gasteiger partial charge in [-0.2, -0.15) is 0 Å². The molecule has 21 heavy (non-hydrogen) atoms. The van der Waals surface area contributed by atoms with E-state index in [1.165, 1.54) is 7.11 Å². The average molecular weight is 290 g/mol. The van der Waals surface area contributed by atoms with Crippen molar-refractivity contribution in [2.75, 3.05) is 26.7 Å². The molecule has 2 N–H and O–H groups in total. The van der Waals surface area contributed by atoms with Gasteiger partial charge >= 0.3 is 5.97 Å². The van der Waals surface area contributed by atoms with E-state index in [4.69, 9.17) is 10.5 Å². The van der Waals surface area contributed by atoms with Crippen LogP contribution in [0.3, 0.4) is 0 Å². The number of rotatable bonds is 4. The van der Waals surface area contributed by atoms with Crippen LogP contribution in [0.1, 0.15) is 32.3 Å². The summed E-state index contributed by atoms with van der Waals surface area (Å²) >= 11 is 0. The molecular formula is C17H26N2O2. The third-order valence-electron chi connectivity index (χ3n) is 4.52. The van der Waals surface area contributed by atoms with E-state index in [0.29, 0.717) is 12.0 Å². The zero-order valence-electron chi connectivity index (χ0n) is 13.3. The zero-order valence-corrected chi connectivity index (χ0v) is 13.3. The molecular weight excluding hydrogens is 264 g/mol. The van der Waals surface area contributed by atoms with E-state index < -0.39 is 5.54 Å². The van der Waals surface area contributed by atoms with Crippen LogP contribution in [-0.2, 0) is 15.1 Å². The Bertz CT molecular complexity index is 477. The second-order valence-electron chi connectivity index (χ2n) is 6.77. The van der Waals surface area contributed by atoms with Gasteiger partial charge in [0.05, 0.1) is 7.11 Å². The van der Waals surface area contributed by atoms with Crippen LogP contribution in [0.15, 0.2) is 30.3 Å². The first-order valence-electron chi connectivity index (χ1n) is 7.53. The average Bonchev–Trinajstić information content (AvgIpc) is 2.49. The Morgan fingerprint density at radius 2 is 1.86 bits per heavy atom. The fraction of sp³-hybridized carbons (Fsp3) is 0.588. The molecule has 0 saturated carbocycles. The van der Waals surface area contributed by atoms with Crippen LogP contribution < -0.4 is 5.73 Å². The maximum atomic E-state index is 12.3. The quantitative estimate of drug-likeness (QED) is 0.863. The maximum Gasteiger partial charge on any atom is 0.331 e. The van der Waals surface area contributed by atoms with Gasteiger partial charge in [0.1, 0.15) is 0 Å². The van der Waals surface area contributed by atoms with Gasteiger partial charge in [0.2, 0.25) is 0 Å². The van der Waals surface area contributed by atoms with E-state index in [0.717, 1.165) is 31.5 Å². The van der Waals surface area contributed by atoms with Crippen LogP contribution in [-0.4, -0.2) is 37.6 Å². The van der Waals surface area contributed by atoms with Gasteiger partial charge in [0, 0.05) is 6.54 Å². The summed E-state index contributed by atoms with van der Waals surface area (Å²) in [6.07, 6.45) is 2.25. The monoisotopic (exact) mass is 290 g/mol. The Morgan fingerprint density at radius 3 is 2.38 bits per heavy atom. The summed E-state index contributed by atoms with van der Waals surface area (Å²) < 4.78 is 4.96. The molecule has 1 fully saturated rings. The molecule has 1 aromatic carbocycles. The molecule has 1 unspecified atom stereocenters. The highest BCUT2D eigenvalue weighted by Gasteiger charge is 2.40. The van der Waals surface area contributed by atoms with Crippen molar-refractivity contribution in [1.82, 2.24) is 4.90 Å². The van der Waals surface area contributed by atoms with E-state index in [2.05, 4.69) is 18.7 Å². The van der Waals surface area contributed by atoms with Gasteiger partial charge in [-0.15, -0.1) is 0 Å². The molecule has 4 nitrogen and oxygen atoms in total. The summed E-state index contributed by atoms with van der Waals surface area (Å²) in [6.45, 7) is 7.01. The normalized spacial score (nSPS) is 21.5. The first kappa shape index (κ1) is 16.0. The summed E-state index contributed by atoms with van der Waals surface area (Å²) in [7, 11) is 1.40. The van der Waals surface area contributed by atoms with Gasteiger partial charge in [-0.1, -0.05) is 44.2 Å². The van der Waals surface area contributed by atoms with Crippen molar-refractivity contribution in [3.63, 3.8) is 0 Å². The molecule has 116 valence electrons. The van der Waals surface area contributed by atoms with Crippen LogP contribution >= 0.6 is 0 Å². The topological polar surface area (TPSA) is 55.6 Å². The van der Waals surface area contributed by atoms with E-state index in [1.807, 2.05) is 30.3 Å². The first-order chi connectivity index (χ1) is 9.87. The number of hydrogen-bond donors (Lipinski definition) is 1. The molecule has 1 aromatic rings. The molecule has 1 aliphatic rings. The van der Waals surface area contributed by atoms with Crippen LogP contribution in [0.4, 0.5) is 0 Å². The standard InChI is InChI=1S/C17H26N2O2/c1-16(2)9-11-19(12-10-16)13-17(18,15(20)21-3)14-7-5-4-6-8-14/h4-8H,9-13,18H2,1-3H3. The Hall–Kier alpha value is -1.39. The maximum absolute atomic E-state index is 12.3. The number of esters is 1. The zero-order chi connectivity index (χ0) is 15.5. The van der Waals surface area contributed by atoms with Crippen LogP contribution in [0.25, 0.3) is 0 Å². The lowest BCUT2D eigenvalue weighted by atomic mass is 9.81. The van der Waals surface area contributed by atoms with Gasteiger partial charge in [0.25, 0.3) is 0 Å². The number of benzene rings is 1. The molecule has 1 saturated heterocycles. The van der Waals surface area contributed by atoms with Crippen molar-refractivity contribution in [1.29, 1.82) is 0 Å². The van der Waals surface area contributed by atoms with E-state index in [-0.39, 0.29) is 5.97 Å². The fourth-order valence-electron chi connectivity index (χ4n) is 2.86. The Morgan fingerprint density at radius 1 is 1.29 bits per heavy atom. The largest absolute Gasteiger partial charge is 0.467 e. The first-order valence-corrected chi connectivity index (χ1v) is 7.53. The molecule has 0 amide bonds. The number of carbonyl (C=O) groups excluding carboxylic acids is 1. The van der Waals surface area contributed by atoms with E-state index in [1.54, 1.807) is 0 Å². The molecule has 1 heterocycles. The minimum atomic E-state index is -1.10. The third-order valence-corrected chi connectivity index (χ3v) is 4.52. The van der Waals surface area contributed by atoms with Gasteiger partial charge in [-0.25, -0.2) is 4.79 Å². The molecule has 1 aliphatic heterocycles. The number of nitrogens with zero attached hydrogens (tertiary/aromatic N) is 1. The number of methoxy groups -OCH3 is 1. The van der Waals surface area contributed by atoms with Crippen molar-refractivity contribution in [3.05, 3.63) is 35.9 Å². The number of carbonyl (C=O) groups is 1. The number of nitrogens with two attached hydrogens (primary N) is 1. The minimum Gasteiger partial charge on any atom is -0.467 e. The fourth-order valence-corrected chi connectivity index (χ4v) is 2.86. The molecule has 2 rings (SSSR count). The summed E-state index contributed by atoms with van der Waals surface area (Å²) in [6, 6.07) is 9.51. The molecule has 4 heteroatoms.